The third-order valence-corrected chi connectivity index (χ3v) is 7.15. The Morgan fingerprint density at radius 1 is 1.07 bits per heavy atom. The normalized spacial score (nSPS) is 20.6. The smallest absolute Gasteiger partial charge is 0.378 e. The lowest BCUT2D eigenvalue weighted by Gasteiger charge is -2.29. The van der Waals surface area contributed by atoms with Gasteiger partial charge in [-0.2, -0.15) is 13.2 Å². The second kappa shape index (κ2) is 11.5. The molecule has 1 aliphatic rings. The van der Waals surface area contributed by atoms with E-state index in [0.29, 0.717) is 0 Å². The Balaban J connectivity index is 1.71. The summed E-state index contributed by atoms with van der Waals surface area (Å²) in [6.45, 7) is 8.46. The van der Waals surface area contributed by atoms with Gasteiger partial charge in [0.1, 0.15) is 0 Å². The summed E-state index contributed by atoms with van der Waals surface area (Å²) in [5, 5.41) is 0. The van der Waals surface area contributed by atoms with Crippen LogP contribution in [0.15, 0.2) is 29.2 Å². The fourth-order valence-electron chi connectivity index (χ4n) is 3.71. The van der Waals surface area contributed by atoms with Crippen LogP contribution in [0.25, 0.3) is 0 Å². The Hall–Kier alpha value is -1.16. The zero-order valence-electron chi connectivity index (χ0n) is 17.7. The first-order valence-electron chi connectivity index (χ1n) is 10.7. The van der Waals surface area contributed by atoms with E-state index in [4.69, 9.17) is 4.74 Å². The molecule has 2 rings (SSSR count). The molecule has 0 amide bonds. The fraction of sp³-hybridized carbons (Fsp3) is 0.714. The van der Waals surface area contributed by atoms with Crippen molar-refractivity contribution in [3.8, 4) is 0 Å². The molecule has 9 heteroatoms. The molecule has 0 spiro atoms. The number of benzene rings is 1. The van der Waals surface area contributed by atoms with Crippen molar-refractivity contribution in [2.75, 3.05) is 32.8 Å². The van der Waals surface area contributed by atoms with Gasteiger partial charge >= 0.3 is 6.18 Å². The first-order chi connectivity index (χ1) is 14.2. The molecule has 1 N–H and O–H groups in total. The van der Waals surface area contributed by atoms with Gasteiger partial charge < -0.3 is 9.64 Å². The number of hydrogen-bond acceptors (Lipinski definition) is 4. The summed E-state index contributed by atoms with van der Waals surface area (Å²) in [6.07, 6.45) is 0.295. The van der Waals surface area contributed by atoms with Gasteiger partial charge in [0.05, 0.1) is 16.6 Å². The highest BCUT2D eigenvalue weighted by atomic mass is 32.2. The molecule has 0 radical (unpaired) electrons. The van der Waals surface area contributed by atoms with Crippen LogP contribution in [0.4, 0.5) is 13.2 Å². The maximum absolute atomic E-state index is 12.6. The number of rotatable bonds is 11. The Labute approximate surface area is 178 Å². The van der Waals surface area contributed by atoms with E-state index >= 15 is 0 Å². The van der Waals surface area contributed by atoms with E-state index in [1.165, 1.54) is 0 Å². The summed E-state index contributed by atoms with van der Waals surface area (Å²) in [6, 6.07) is 3.57. The number of hydrogen-bond donors (Lipinski definition) is 1. The van der Waals surface area contributed by atoms with E-state index < -0.39 is 21.8 Å². The molecule has 30 heavy (non-hydrogen) atoms. The van der Waals surface area contributed by atoms with E-state index in [0.717, 1.165) is 82.6 Å². The summed E-state index contributed by atoms with van der Waals surface area (Å²) >= 11 is 0. The van der Waals surface area contributed by atoms with Gasteiger partial charge in [-0.1, -0.05) is 13.8 Å². The molecule has 0 aliphatic heterocycles. The summed E-state index contributed by atoms with van der Waals surface area (Å²) in [5.74, 6) is 0.213. The lowest BCUT2D eigenvalue weighted by molar-refractivity contribution is -0.137. The molecular weight excluding hydrogens is 417 g/mol. The van der Waals surface area contributed by atoms with Crippen LogP contribution >= 0.6 is 0 Å². The van der Waals surface area contributed by atoms with Crippen LogP contribution in [0.5, 0.6) is 0 Å². The molecule has 172 valence electrons. The Morgan fingerprint density at radius 3 is 2.20 bits per heavy atom. The molecule has 1 saturated carbocycles. The van der Waals surface area contributed by atoms with Gasteiger partial charge in [-0.05, 0) is 75.4 Å². The zero-order chi connectivity index (χ0) is 22.2. The van der Waals surface area contributed by atoms with Gasteiger partial charge in [0, 0.05) is 19.7 Å². The summed E-state index contributed by atoms with van der Waals surface area (Å²) in [4.78, 5) is 2.21. The zero-order valence-corrected chi connectivity index (χ0v) is 18.6. The van der Waals surface area contributed by atoms with E-state index in [9.17, 15) is 21.6 Å². The van der Waals surface area contributed by atoms with Crippen LogP contribution in [0.3, 0.4) is 0 Å². The highest BCUT2D eigenvalue weighted by molar-refractivity contribution is 7.89. The second-order valence-electron chi connectivity index (χ2n) is 7.77. The molecule has 0 saturated heterocycles. The third kappa shape index (κ3) is 7.83. The number of sulfonamides is 1. The summed E-state index contributed by atoms with van der Waals surface area (Å²) in [5.41, 5.74) is -0.864. The third-order valence-electron chi connectivity index (χ3n) is 5.71. The largest absolute Gasteiger partial charge is 0.416 e. The van der Waals surface area contributed by atoms with Crippen LogP contribution < -0.4 is 4.72 Å². The number of halogens is 3. The molecule has 0 unspecified atom stereocenters. The monoisotopic (exact) mass is 450 g/mol. The Bertz CT molecular complexity index is 727. The molecule has 1 fully saturated rings. The van der Waals surface area contributed by atoms with Crippen molar-refractivity contribution in [1.29, 1.82) is 0 Å². The second-order valence-corrected chi connectivity index (χ2v) is 9.53. The minimum atomic E-state index is -4.48. The van der Waals surface area contributed by atoms with Crippen molar-refractivity contribution < 1.29 is 26.3 Å². The maximum atomic E-state index is 12.6. The van der Waals surface area contributed by atoms with E-state index in [1.54, 1.807) is 0 Å². The quantitative estimate of drug-likeness (QED) is 0.511. The maximum Gasteiger partial charge on any atom is 0.416 e. The number of nitrogens with zero attached hydrogens (tertiary/aromatic N) is 1. The first kappa shape index (κ1) is 25.1. The van der Waals surface area contributed by atoms with Gasteiger partial charge in [-0.25, -0.2) is 13.1 Å². The van der Waals surface area contributed by atoms with Gasteiger partial charge in [0.2, 0.25) is 10.0 Å². The molecular formula is C21H33F3N2O3S. The lowest BCUT2D eigenvalue weighted by Crippen LogP contribution is -2.33. The Kier molecular flexibility index (Phi) is 9.59. The average Bonchev–Trinajstić information content (AvgIpc) is 2.73. The van der Waals surface area contributed by atoms with E-state index in [2.05, 4.69) is 23.5 Å². The molecule has 1 aromatic carbocycles. The van der Waals surface area contributed by atoms with Crippen molar-refractivity contribution in [3.63, 3.8) is 0 Å². The fourth-order valence-corrected chi connectivity index (χ4v) is 4.83. The van der Waals surface area contributed by atoms with Crippen molar-refractivity contribution >= 4 is 10.0 Å². The van der Waals surface area contributed by atoms with Gasteiger partial charge in [-0.3, -0.25) is 0 Å². The topological polar surface area (TPSA) is 58.6 Å². The predicted molar refractivity (Wildman–Crippen MR) is 111 cm³/mol. The van der Waals surface area contributed by atoms with Crippen LogP contribution in [0.1, 0.15) is 51.5 Å². The predicted octanol–water partition coefficient (Wildman–Crippen LogP) is 4.29. The van der Waals surface area contributed by atoms with E-state index in [1.807, 2.05) is 0 Å². The SMILES string of the molecule is CCN(CC)CCCOC1CCC(CNS(=O)(=O)c2ccc(C(F)(F)F)cc2)CC1. The van der Waals surface area contributed by atoms with Crippen molar-refractivity contribution in [2.45, 2.75) is 63.1 Å². The minimum Gasteiger partial charge on any atom is -0.378 e. The lowest BCUT2D eigenvalue weighted by atomic mass is 9.87. The average molecular weight is 451 g/mol. The minimum absolute atomic E-state index is 0.152. The first-order valence-corrected chi connectivity index (χ1v) is 12.1. The number of alkyl halides is 3. The molecule has 5 nitrogen and oxygen atoms in total. The Morgan fingerprint density at radius 2 is 1.67 bits per heavy atom. The molecule has 0 atom stereocenters. The van der Waals surface area contributed by atoms with Crippen molar-refractivity contribution in [2.24, 2.45) is 5.92 Å². The number of nitrogens with one attached hydrogen (secondary N) is 1. The van der Waals surface area contributed by atoms with Crippen molar-refractivity contribution in [3.05, 3.63) is 29.8 Å². The van der Waals surface area contributed by atoms with Gasteiger partial charge in [0.25, 0.3) is 0 Å². The summed E-state index contributed by atoms with van der Waals surface area (Å²) in [7, 11) is -3.82. The van der Waals surface area contributed by atoms with Crippen LogP contribution in [-0.4, -0.2) is 52.2 Å². The number of ether oxygens (including phenoxy) is 1. The standard InChI is InChI=1S/C21H33F3N2O3S/c1-3-26(4-2)14-5-15-29-19-10-6-17(7-11-19)16-25-30(27,28)20-12-8-18(9-13-20)21(22,23)24/h8-9,12-13,17,19,25H,3-7,10-11,14-16H2,1-2H3. The summed E-state index contributed by atoms with van der Waals surface area (Å²) < 4.78 is 71.1. The molecule has 0 heterocycles. The van der Waals surface area contributed by atoms with Crippen LogP contribution in [-0.2, 0) is 20.9 Å². The molecule has 1 aliphatic carbocycles. The highest BCUT2D eigenvalue weighted by Crippen LogP contribution is 2.30. The molecule has 1 aromatic rings. The van der Waals surface area contributed by atoms with Crippen LogP contribution in [0, 0.1) is 5.92 Å². The molecule has 0 bridgehead atoms. The van der Waals surface area contributed by atoms with Crippen molar-refractivity contribution in [1.82, 2.24) is 9.62 Å². The van der Waals surface area contributed by atoms with Crippen LogP contribution in [0.2, 0.25) is 0 Å². The van der Waals surface area contributed by atoms with Gasteiger partial charge in [-0.15, -0.1) is 0 Å². The highest BCUT2D eigenvalue weighted by Gasteiger charge is 2.31. The van der Waals surface area contributed by atoms with Gasteiger partial charge in [0.15, 0.2) is 0 Å². The van der Waals surface area contributed by atoms with E-state index in [-0.39, 0.29) is 23.5 Å². The molecule has 0 aromatic heterocycles.